The lowest BCUT2D eigenvalue weighted by Gasteiger charge is -2.15. The van der Waals surface area contributed by atoms with Crippen LogP contribution in [0.5, 0.6) is 17.2 Å². The molecule has 6 nitrogen and oxygen atoms in total. The van der Waals surface area contributed by atoms with E-state index in [9.17, 15) is 30.4 Å². The Morgan fingerprint density at radius 2 is 1.15 bits per heavy atom. The zero-order valence-electron chi connectivity index (χ0n) is 14.0. The molecule has 0 aliphatic heterocycles. The van der Waals surface area contributed by atoms with Gasteiger partial charge < -0.3 is 14.2 Å². The van der Waals surface area contributed by atoms with Gasteiger partial charge in [0.15, 0.2) is 34.8 Å². The minimum Gasteiger partial charge on any atom is -0.493 e. The van der Waals surface area contributed by atoms with E-state index in [1.165, 1.54) is 26.1 Å². The smallest absolute Gasteiger partial charge is 0.262 e. The maximum absolute atomic E-state index is 13.7. The van der Waals surface area contributed by atoms with E-state index in [2.05, 4.69) is 0 Å². The molecular formula is C15H12F5NO5S. The molecule has 0 aromatic heterocycles. The first-order chi connectivity index (χ1) is 12.6. The molecule has 0 aliphatic carbocycles. The molecule has 0 saturated heterocycles. The molecule has 148 valence electrons. The van der Waals surface area contributed by atoms with Crippen molar-refractivity contribution in [1.29, 1.82) is 0 Å². The largest absolute Gasteiger partial charge is 0.493 e. The van der Waals surface area contributed by atoms with Crippen LogP contribution in [0.25, 0.3) is 0 Å². The van der Waals surface area contributed by atoms with Crippen LogP contribution in [-0.4, -0.2) is 29.7 Å². The van der Waals surface area contributed by atoms with Crippen LogP contribution >= 0.6 is 0 Å². The molecule has 2 aromatic carbocycles. The van der Waals surface area contributed by atoms with Crippen molar-refractivity contribution in [3.8, 4) is 17.2 Å². The van der Waals surface area contributed by atoms with E-state index in [-0.39, 0.29) is 17.2 Å². The van der Waals surface area contributed by atoms with E-state index in [0.29, 0.717) is 0 Å². The van der Waals surface area contributed by atoms with Gasteiger partial charge in [0.1, 0.15) is 5.69 Å². The summed E-state index contributed by atoms with van der Waals surface area (Å²) in [6.45, 7) is 0. The average Bonchev–Trinajstić information content (AvgIpc) is 2.66. The van der Waals surface area contributed by atoms with Gasteiger partial charge in [0.2, 0.25) is 11.6 Å². The molecular weight excluding hydrogens is 401 g/mol. The molecule has 1 N–H and O–H groups in total. The monoisotopic (exact) mass is 413 g/mol. The second-order valence-corrected chi connectivity index (χ2v) is 6.59. The number of anilines is 1. The minimum absolute atomic E-state index is 0.0233. The van der Waals surface area contributed by atoms with Gasteiger partial charge in [-0.1, -0.05) is 0 Å². The van der Waals surface area contributed by atoms with Crippen molar-refractivity contribution in [2.24, 2.45) is 0 Å². The number of methoxy groups -OCH3 is 3. The molecule has 2 aromatic rings. The number of nitrogens with one attached hydrogen (secondary N) is 1. The Morgan fingerprint density at radius 1 is 0.741 bits per heavy atom. The fourth-order valence-corrected chi connectivity index (χ4v) is 3.19. The summed E-state index contributed by atoms with van der Waals surface area (Å²) in [4.78, 5) is -0.638. The molecule has 0 fully saturated rings. The van der Waals surface area contributed by atoms with Crippen molar-refractivity contribution in [3.05, 3.63) is 41.2 Å². The summed E-state index contributed by atoms with van der Waals surface area (Å²) in [6, 6.07) is 1.82. The number of rotatable bonds is 6. The Balaban J connectivity index is 2.62. The standard InChI is InChI=1S/C15H12F5NO5S/c1-24-7-4-6(5-8(25-2)15(7)26-3)27(22,23)21-14-12(19)10(17)9(16)11(18)13(14)20/h4-5,21H,1-3H3. The van der Waals surface area contributed by atoms with Crippen molar-refractivity contribution >= 4 is 15.7 Å². The fourth-order valence-electron chi connectivity index (χ4n) is 2.10. The third-order valence-electron chi connectivity index (χ3n) is 3.39. The third kappa shape index (κ3) is 3.56. The zero-order valence-corrected chi connectivity index (χ0v) is 14.8. The number of benzene rings is 2. The van der Waals surface area contributed by atoms with Crippen LogP contribution in [0.15, 0.2) is 17.0 Å². The highest BCUT2D eigenvalue weighted by atomic mass is 32.2. The van der Waals surface area contributed by atoms with Gasteiger partial charge in [-0.05, 0) is 0 Å². The molecule has 0 unspecified atom stereocenters. The molecule has 0 amide bonds. The van der Waals surface area contributed by atoms with Crippen molar-refractivity contribution < 1.29 is 44.6 Å². The maximum atomic E-state index is 13.7. The van der Waals surface area contributed by atoms with E-state index >= 15 is 0 Å². The highest BCUT2D eigenvalue weighted by Crippen LogP contribution is 2.40. The molecule has 27 heavy (non-hydrogen) atoms. The maximum Gasteiger partial charge on any atom is 0.262 e. The fraction of sp³-hybridized carbons (Fsp3) is 0.200. The van der Waals surface area contributed by atoms with Gasteiger partial charge in [-0.15, -0.1) is 0 Å². The van der Waals surface area contributed by atoms with Gasteiger partial charge in [-0.3, -0.25) is 4.72 Å². The Labute approximate surface area is 150 Å². The van der Waals surface area contributed by atoms with Gasteiger partial charge in [0.25, 0.3) is 10.0 Å². The second kappa shape index (κ2) is 7.47. The molecule has 0 heterocycles. The lowest BCUT2D eigenvalue weighted by Crippen LogP contribution is -2.18. The molecule has 0 atom stereocenters. The lowest BCUT2D eigenvalue weighted by molar-refractivity contribution is 0.323. The number of sulfonamides is 1. The molecule has 12 heteroatoms. The highest BCUT2D eigenvalue weighted by molar-refractivity contribution is 7.92. The second-order valence-electron chi connectivity index (χ2n) is 4.91. The third-order valence-corrected chi connectivity index (χ3v) is 4.72. The number of ether oxygens (including phenoxy) is 3. The molecule has 0 aliphatic rings. The first kappa shape index (κ1) is 20.6. The van der Waals surface area contributed by atoms with Gasteiger partial charge in [0, 0.05) is 12.1 Å². The van der Waals surface area contributed by atoms with E-state index < -0.39 is 49.7 Å². The van der Waals surface area contributed by atoms with Crippen LogP contribution in [-0.2, 0) is 10.0 Å². The lowest BCUT2D eigenvalue weighted by atomic mass is 10.2. The van der Waals surface area contributed by atoms with Crippen LogP contribution in [0.2, 0.25) is 0 Å². The molecule has 0 bridgehead atoms. The molecule has 0 radical (unpaired) electrons. The van der Waals surface area contributed by atoms with Crippen LogP contribution in [0, 0.1) is 29.1 Å². The normalized spacial score (nSPS) is 11.3. The summed E-state index contributed by atoms with van der Waals surface area (Å²) >= 11 is 0. The Hall–Kier alpha value is -2.76. The Morgan fingerprint density at radius 3 is 1.52 bits per heavy atom. The number of hydrogen-bond acceptors (Lipinski definition) is 5. The van der Waals surface area contributed by atoms with Crippen LogP contribution in [0.3, 0.4) is 0 Å². The van der Waals surface area contributed by atoms with Gasteiger partial charge in [-0.25, -0.2) is 30.4 Å². The summed E-state index contributed by atoms with van der Waals surface area (Å²) in [6.07, 6.45) is 0. The van der Waals surface area contributed by atoms with E-state index in [1.54, 1.807) is 0 Å². The average molecular weight is 413 g/mol. The SMILES string of the molecule is COc1cc(S(=O)(=O)Nc2c(F)c(F)c(F)c(F)c2F)cc(OC)c1OC. The Bertz CT molecular complexity index is 943. The van der Waals surface area contributed by atoms with Gasteiger partial charge >= 0.3 is 0 Å². The van der Waals surface area contributed by atoms with Gasteiger partial charge in [-0.2, -0.15) is 0 Å². The van der Waals surface area contributed by atoms with Gasteiger partial charge in [0.05, 0.1) is 26.2 Å². The predicted octanol–water partition coefficient (Wildman–Crippen LogP) is 3.21. The van der Waals surface area contributed by atoms with Crippen LogP contribution < -0.4 is 18.9 Å². The predicted molar refractivity (Wildman–Crippen MR) is 83.1 cm³/mol. The van der Waals surface area contributed by atoms with Crippen molar-refractivity contribution in [2.75, 3.05) is 26.1 Å². The summed E-state index contributed by atoms with van der Waals surface area (Å²) < 4.78 is 108. The van der Waals surface area contributed by atoms with Crippen molar-refractivity contribution in [1.82, 2.24) is 0 Å². The van der Waals surface area contributed by atoms with E-state index in [4.69, 9.17) is 14.2 Å². The number of halogens is 5. The molecule has 0 spiro atoms. The quantitative estimate of drug-likeness (QED) is 0.447. The summed E-state index contributed by atoms with van der Waals surface area (Å²) in [5.74, 6) is -11.9. The zero-order chi connectivity index (χ0) is 20.5. The van der Waals surface area contributed by atoms with Crippen LogP contribution in [0.4, 0.5) is 27.6 Å². The topological polar surface area (TPSA) is 73.9 Å². The Kier molecular flexibility index (Phi) is 5.68. The minimum atomic E-state index is -4.80. The molecule has 0 saturated carbocycles. The summed E-state index contributed by atoms with van der Waals surface area (Å²) in [7, 11) is -1.17. The molecule has 2 rings (SSSR count). The summed E-state index contributed by atoms with van der Waals surface area (Å²) in [5, 5.41) is 0. The van der Waals surface area contributed by atoms with Crippen molar-refractivity contribution in [2.45, 2.75) is 4.90 Å². The van der Waals surface area contributed by atoms with Crippen molar-refractivity contribution in [3.63, 3.8) is 0 Å². The first-order valence-corrected chi connectivity index (χ1v) is 8.41. The number of hydrogen-bond donors (Lipinski definition) is 1. The van der Waals surface area contributed by atoms with E-state index in [0.717, 1.165) is 12.1 Å². The summed E-state index contributed by atoms with van der Waals surface area (Å²) in [5.41, 5.74) is -1.72. The van der Waals surface area contributed by atoms with Crippen LogP contribution in [0.1, 0.15) is 0 Å². The first-order valence-electron chi connectivity index (χ1n) is 6.93. The highest BCUT2D eigenvalue weighted by Gasteiger charge is 2.30. The van der Waals surface area contributed by atoms with E-state index in [1.807, 2.05) is 0 Å².